The van der Waals surface area contributed by atoms with Crippen LogP contribution < -0.4 is 0 Å². The first kappa shape index (κ1) is 27.0. The summed E-state index contributed by atoms with van der Waals surface area (Å²) >= 11 is 12.0. The molecule has 7 heteroatoms. The average Bonchev–Trinajstić information content (AvgIpc) is 2.71. The zero-order chi connectivity index (χ0) is 24.4. The number of allylic oxidation sites excluding steroid dienone is 2. The first-order valence-electron chi connectivity index (χ1n) is 10.9. The van der Waals surface area contributed by atoms with Crippen molar-refractivity contribution < 1.29 is 23.5 Å². The molecule has 2 rings (SSSR count). The van der Waals surface area contributed by atoms with Gasteiger partial charge in [-0.15, -0.1) is 0 Å². The van der Waals surface area contributed by atoms with Crippen LogP contribution in [0.25, 0.3) is 5.57 Å². The van der Waals surface area contributed by atoms with E-state index in [0.29, 0.717) is 34.5 Å². The van der Waals surface area contributed by atoms with E-state index in [1.807, 2.05) is 18.2 Å². The van der Waals surface area contributed by atoms with Gasteiger partial charge in [0.05, 0.1) is 0 Å². The Morgan fingerprint density at radius 3 is 2.30 bits per heavy atom. The molecule has 178 valence electrons. The van der Waals surface area contributed by atoms with Gasteiger partial charge in [-0.05, 0) is 66.6 Å². The topological polar surface area (TPSA) is 54.4 Å². The maximum Gasteiger partial charge on any atom is 0.303 e. The van der Waals surface area contributed by atoms with Crippen molar-refractivity contribution in [2.75, 3.05) is 0 Å². The molecule has 0 heterocycles. The molecule has 0 bridgehead atoms. The van der Waals surface area contributed by atoms with Gasteiger partial charge in [0.1, 0.15) is 0 Å². The lowest BCUT2D eigenvalue weighted by Gasteiger charge is -2.16. The van der Waals surface area contributed by atoms with Crippen molar-refractivity contribution in [3.63, 3.8) is 0 Å². The van der Waals surface area contributed by atoms with Crippen LogP contribution in [-0.2, 0) is 16.0 Å². The van der Waals surface area contributed by atoms with Gasteiger partial charge in [-0.3, -0.25) is 9.59 Å². The summed E-state index contributed by atoms with van der Waals surface area (Å²) in [5.41, 5.74) is 1.24. The van der Waals surface area contributed by atoms with E-state index in [1.54, 1.807) is 31.2 Å². The molecule has 0 unspecified atom stereocenters. The van der Waals surface area contributed by atoms with Gasteiger partial charge in [0, 0.05) is 34.9 Å². The van der Waals surface area contributed by atoms with Crippen LogP contribution in [0, 0.1) is 5.92 Å². The van der Waals surface area contributed by atoms with Crippen molar-refractivity contribution in [1.82, 2.24) is 0 Å². The Bertz CT molecular complexity index is 989. The van der Waals surface area contributed by atoms with Crippen LogP contribution in [-0.4, -0.2) is 22.8 Å². The van der Waals surface area contributed by atoms with Crippen LogP contribution in [0.5, 0.6) is 0 Å². The lowest BCUT2D eigenvalue weighted by atomic mass is 9.91. The molecular weight excluding hydrogens is 469 g/mol. The number of ketones is 1. The Morgan fingerprint density at radius 1 is 1.00 bits per heavy atom. The average molecular weight is 497 g/mol. The Labute approximate surface area is 203 Å². The monoisotopic (exact) mass is 496 g/mol. The van der Waals surface area contributed by atoms with Crippen LogP contribution in [0.15, 0.2) is 54.6 Å². The second kappa shape index (κ2) is 12.9. The van der Waals surface area contributed by atoms with Gasteiger partial charge in [0.2, 0.25) is 0 Å². The molecule has 0 saturated heterocycles. The van der Waals surface area contributed by atoms with Crippen molar-refractivity contribution in [3.8, 4) is 0 Å². The maximum absolute atomic E-state index is 14.8. The van der Waals surface area contributed by atoms with E-state index in [9.17, 15) is 18.4 Å². The number of benzene rings is 2. The lowest BCUT2D eigenvalue weighted by Crippen LogP contribution is -2.17. The third-order valence-corrected chi connectivity index (χ3v) is 5.68. The molecule has 0 aromatic heterocycles. The fraction of sp³-hybridized carbons (Fsp3) is 0.385. The predicted molar refractivity (Wildman–Crippen MR) is 129 cm³/mol. The van der Waals surface area contributed by atoms with E-state index < -0.39 is 23.6 Å². The minimum absolute atomic E-state index is 0.126. The van der Waals surface area contributed by atoms with Crippen LogP contribution >= 0.6 is 23.2 Å². The molecule has 1 atom stereocenters. The third kappa shape index (κ3) is 10.1. The highest BCUT2D eigenvalue weighted by molar-refractivity contribution is 6.31. The van der Waals surface area contributed by atoms with Gasteiger partial charge in [0.25, 0.3) is 5.92 Å². The Balaban J connectivity index is 2.05. The fourth-order valence-corrected chi connectivity index (χ4v) is 4.02. The number of rotatable bonds is 13. The quantitative estimate of drug-likeness (QED) is 0.226. The van der Waals surface area contributed by atoms with Gasteiger partial charge >= 0.3 is 5.97 Å². The smallest absolute Gasteiger partial charge is 0.303 e. The number of carboxylic acids is 1. The van der Waals surface area contributed by atoms with Crippen LogP contribution in [0.2, 0.25) is 10.0 Å². The Morgan fingerprint density at radius 2 is 1.67 bits per heavy atom. The summed E-state index contributed by atoms with van der Waals surface area (Å²) in [6.45, 7) is 1.61. The summed E-state index contributed by atoms with van der Waals surface area (Å²) in [7, 11) is 0. The highest BCUT2D eigenvalue weighted by Gasteiger charge is 2.29. The molecule has 0 aliphatic heterocycles. The predicted octanol–water partition coefficient (Wildman–Crippen LogP) is 7.89. The van der Waals surface area contributed by atoms with Gasteiger partial charge in [-0.2, -0.15) is 0 Å². The summed E-state index contributed by atoms with van der Waals surface area (Å²) in [4.78, 5) is 23.8. The minimum Gasteiger partial charge on any atom is -0.481 e. The van der Waals surface area contributed by atoms with E-state index in [2.05, 4.69) is 0 Å². The van der Waals surface area contributed by atoms with Crippen LogP contribution in [0.1, 0.15) is 56.6 Å². The summed E-state index contributed by atoms with van der Waals surface area (Å²) in [6, 6.07) is 13.7. The zero-order valence-corrected chi connectivity index (χ0v) is 20.0. The standard InChI is InChI=1S/C26H28Cl2F2O3/c1-18(14-25(32)33)13-24(31)23(20-9-6-11-22(28)16-20)17-26(29,30)12-4-2-3-7-19-8-5-10-21(27)15-19/h5-6,8-11,15-18H,2-4,7,12-14H2,1H3,(H,32,33)/t18-/m0/s1. The number of aryl methyl sites for hydroxylation is 1. The summed E-state index contributed by atoms with van der Waals surface area (Å²) in [5, 5.41) is 9.91. The molecular formula is C26H28Cl2F2O3. The van der Waals surface area contributed by atoms with Crippen molar-refractivity contribution in [2.45, 2.75) is 57.8 Å². The van der Waals surface area contributed by atoms with Gasteiger partial charge in [-0.25, -0.2) is 8.78 Å². The number of hydrogen-bond acceptors (Lipinski definition) is 2. The van der Waals surface area contributed by atoms with Crippen molar-refractivity contribution >= 4 is 40.5 Å². The number of carbonyl (C=O) groups excluding carboxylic acids is 1. The van der Waals surface area contributed by atoms with Crippen molar-refractivity contribution in [2.24, 2.45) is 5.92 Å². The maximum atomic E-state index is 14.8. The Kier molecular flexibility index (Phi) is 10.5. The molecule has 0 aliphatic carbocycles. The number of halogens is 4. The molecule has 2 aromatic carbocycles. The summed E-state index contributed by atoms with van der Waals surface area (Å²) < 4.78 is 29.6. The van der Waals surface area contributed by atoms with Gasteiger partial charge in [0.15, 0.2) is 5.78 Å². The van der Waals surface area contributed by atoms with E-state index in [4.69, 9.17) is 28.3 Å². The van der Waals surface area contributed by atoms with E-state index in [1.165, 1.54) is 6.07 Å². The second-order valence-electron chi connectivity index (χ2n) is 8.35. The highest BCUT2D eigenvalue weighted by Crippen LogP contribution is 2.31. The van der Waals surface area contributed by atoms with Gasteiger partial charge < -0.3 is 5.11 Å². The third-order valence-electron chi connectivity index (χ3n) is 5.21. The molecule has 0 amide bonds. The highest BCUT2D eigenvalue weighted by atomic mass is 35.5. The van der Waals surface area contributed by atoms with Crippen LogP contribution in [0.4, 0.5) is 8.78 Å². The van der Waals surface area contributed by atoms with E-state index in [0.717, 1.165) is 18.4 Å². The summed E-state index contributed by atoms with van der Waals surface area (Å²) in [6.07, 6.45) is 2.42. The molecule has 33 heavy (non-hydrogen) atoms. The van der Waals surface area contributed by atoms with Crippen molar-refractivity contribution in [1.29, 1.82) is 0 Å². The molecule has 0 spiro atoms. The zero-order valence-electron chi connectivity index (χ0n) is 18.5. The number of Topliss-reactive ketones (excluding diaryl/α,β-unsaturated/α-hetero) is 1. The fourth-order valence-electron chi connectivity index (χ4n) is 3.62. The number of carbonyl (C=O) groups is 2. The lowest BCUT2D eigenvalue weighted by molar-refractivity contribution is -0.138. The molecule has 0 fully saturated rings. The largest absolute Gasteiger partial charge is 0.481 e. The van der Waals surface area contributed by atoms with Crippen molar-refractivity contribution in [3.05, 3.63) is 75.8 Å². The molecule has 1 N–H and O–H groups in total. The first-order valence-corrected chi connectivity index (χ1v) is 11.7. The molecule has 0 aliphatic rings. The number of hydrogen-bond donors (Lipinski definition) is 1. The molecule has 2 aromatic rings. The number of alkyl halides is 2. The van der Waals surface area contributed by atoms with Crippen LogP contribution in [0.3, 0.4) is 0 Å². The van der Waals surface area contributed by atoms with Gasteiger partial charge in [-0.1, -0.05) is 60.8 Å². The number of carboxylic acid groups (broad SMARTS) is 1. The molecule has 0 saturated carbocycles. The molecule has 0 radical (unpaired) electrons. The minimum atomic E-state index is -3.18. The summed E-state index contributed by atoms with van der Waals surface area (Å²) in [5.74, 6) is -5.21. The Hall–Kier alpha value is -2.24. The van der Waals surface area contributed by atoms with E-state index in [-0.39, 0.29) is 24.8 Å². The first-order chi connectivity index (χ1) is 15.6. The SMILES string of the molecule is C[C@H](CC(=O)O)CC(=O)C(=CC(F)(F)CCCCCc1cccc(Cl)c1)c1cccc(Cl)c1. The molecule has 3 nitrogen and oxygen atoms in total. The van der Waals surface area contributed by atoms with E-state index >= 15 is 0 Å². The number of unbranched alkanes of at least 4 members (excludes halogenated alkanes) is 2. The second-order valence-corrected chi connectivity index (χ2v) is 9.22. The number of aliphatic carboxylic acids is 1. The normalized spacial score (nSPS) is 13.1.